The summed E-state index contributed by atoms with van der Waals surface area (Å²) < 4.78 is 0. The van der Waals surface area contributed by atoms with Gasteiger partial charge in [-0.15, -0.1) is 0 Å². The Morgan fingerprint density at radius 2 is 0.558 bits per heavy atom. The van der Waals surface area contributed by atoms with E-state index in [0.717, 1.165) is 56.0 Å². The fourth-order valence-corrected chi connectivity index (χ4v) is 24.6. The van der Waals surface area contributed by atoms with Crippen molar-refractivity contribution in [3.8, 4) is 55.6 Å². The predicted molar refractivity (Wildman–Crippen MR) is 475 cm³/mol. The lowest BCUT2D eigenvalue weighted by Gasteiger charge is -2.50. The van der Waals surface area contributed by atoms with Crippen LogP contribution in [0.4, 0.5) is 34.5 Å². The summed E-state index contributed by atoms with van der Waals surface area (Å²) in [6, 6.07) is 101. The van der Waals surface area contributed by atoms with Crippen molar-refractivity contribution in [3.05, 3.63) is 296 Å². The van der Waals surface area contributed by atoms with Crippen molar-refractivity contribution in [2.45, 2.75) is 151 Å². The van der Waals surface area contributed by atoms with Gasteiger partial charge in [0.05, 0.1) is 16.6 Å². The van der Waals surface area contributed by atoms with Crippen LogP contribution in [0.25, 0.3) is 153 Å². The molecule has 6 atom stereocenters. The fraction of sp³-hybridized carbons (Fsp3) is 0.224. The minimum absolute atomic E-state index is 0.0965. The third-order valence-corrected chi connectivity index (χ3v) is 30.7. The van der Waals surface area contributed by atoms with E-state index in [9.17, 15) is 0 Å². The van der Waals surface area contributed by atoms with Crippen molar-refractivity contribution in [2.24, 2.45) is 0 Å². The summed E-state index contributed by atoms with van der Waals surface area (Å²) in [5.74, 6) is 3.18. The van der Waals surface area contributed by atoms with Gasteiger partial charge in [0.1, 0.15) is 17.5 Å². The van der Waals surface area contributed by atoms with Gasteiger partial charge in [-0.25, -0.2) is 15.0 Å². The number of benzene rings is 13. The third-order valence-electron chi connectivity index (χ3n) is 30.7. The minimum Gasteiger partial charge on any atom is -0.319 e. The highest BCUT2D eigenvalue weighted by Gasteiger charge is 2.61. The SMILES string of the molecule is CC12CCCCC1(C)N(c1nccc3ccccc13)c1ccc(-c3ccc4c5c(-c6ccccc6)c6c7ccc(-c8ccc9c(c8)C8(C)CCCCC8(C)N9c8nccc9ccccc89)c8c(-c9ccc%10c(c9)C9(C)CCCCC9(C)N%10c9nccc%10ccccc9%10)ccc(c6c(-c6ccccc6)c5c5cccc3c54)c87)cc12. The van der Waals surface area contributed by atoms with Crippen molar-refractivity contribution in [1.29, 1.82) is 0 Å². The van der Waals surface area contributed by atoms with Gasteiger partial charge in [-0.2, -0.15) is 0 Å². The molecule has 0 spiro atoms. The second-order valence-corrected chi connectivity index (χ2v) is 35.7. The van der Waals surface area contributed by atoms with E-state index in [4.69, 9.17) is 15.0 Å². The normalized spacial score (nSPS) is 23.2. The van der Waals surface area contributed by atoms with E-state index in [0.29, 0.717) is 0 Å². The number of anilines is 6. The summed E-state index contributed by atoms with van der Waals surface area (Å²) >= 11 is 0. The summed E-state index contributed by atoms with van der Waals surface area (Å²) in [5.41, 5.74) is 19.8. The summed E-state index contributed by atoms with van der Waals surface area (Å²) in [6.07, 6.45) is 19.8. The number of rotatable bonds is 8. The quantitative estimate of drug-likeness (QED) is 0.151. The second kappa shape index (κ2) is 23.3. The summed E-state index contributed by atoms with van der Waals surface area (Å²) in [6.45, 7) is 15.4. The van der Waals surface area contributed by atoms with Crippen molar-refractivity contribution in [3.63, 3.8) is 0 Å². The van der Waals surface area contributed by atoms with Crippen LogP contribution < -0.4 is 14.7 Å². The highest BCUT2D eigenvalue weighted by molar-refractivity contribution is 6.48. The van der Waals surface area contributed by atoms with Gasteiger partial charge in [0.2, 0.25) is 0 Å². The average molecular weight is 1460 g/mol. The van der Waals surface area contributed by atoms with E-state index in [2.05, 4.69) is 317 Å². The number of fused-ring (bicyclic) bond motifs is 18. The molecule has 0 amide bonds. The smallest absolute Gasteiger partial charge is 0.141 e. The maximum atomic E-state index is 5.34. The minimum atomic E-state index is -0.203. The van der Waals surface area contributed by atoms with Crippen LogP contribution >= 0.6 is 0 Å². The lowest BCUT2D eigenvalue weighted by Crippen LogP contribution is -2.54. The van der Waals surface area contributed by atoms with E-state index in [1.165, 1.54) is 225 Å². The molecule has 0 radical (unpaired) electrons. The first-order chi connectivity index (χ1) is 55.3. The number of aromatic nitrogens is 3. The highest BCUT2D eigenvalue weighted by atomic mass is 15.3. The molecule has 3 aromatic heterocycles. The van der Waals surface area contributed by atoms with E-state index in [1.54, 1.807) is 0 Å². The Balaban J connectivity index is 0.778. The Morgan fingerprint density at radius 3 is 0.956 bits per heavy atom. The van der Waals surface area contributed by atoms with Crippen LogP contribution in [0.15, 0.2) is 279 Å². The summed E-state index contributed by atoms with van der Waals surface area (Å²) in [5, 5.41) is 22.9. The molecular formula is C107H88N6. The molecule has 113 heavy (non-hydrogen) atoms. The molecule has 6 nitrogen and oxygen atoms in total. The Kier molecular flexibility index (Phi) is 13.6. The van der Waals surface area contributed by atoms with Crippen LogP contribution in [-0.2, 0) is 16.2 Å². The van der Waals surface area contributed by atoms with Gasteiger partial charge in [0.15, 0.2) is 0 Å². The topological polar surface area (TPSA) is 48.4 Å². The maximum absolute atomic E-state index is 5.34. The molecule has 0 saturated heterocycles. The van der Waals surface area contributed by atoms with Crippen molar-refractivity contribution < 1.29 is 0 Å². The zero-order valence-corrected chi connectivity index (χ0v) is 65.2. The first kappa shape index (κ1) is 65.7. The van der Waals surface area contributed by atoms with Gasteiger partial charge < -0.3 is 14.7 Å². The van der Waals surface area contributed by atoms with Crippen LogP contribution in [-0.4, -0.2) is 31.6 Å². The van der Waals surface area contributed by atoms with Crippen LogP contribution in [0.5, 0.6) is 0 Å². The molecule has 546 valence electrons. The van der Waals surface area contributed by atoms with Gasteiger partial charge in [0.25, 0.3) is 0 Å². The van der Waals surface area contributed by atoms with E-state index in [1.807, 2.05) is 18.6 Å². The van der Waals surface area contributed by atoms with E-state index < -0.39 is 0 Å². The van der Waals surface area contributed by atoms with Gasteiger partial charge in [-0.1, -0.05) is 266 Å². The second-order valence-electron chi connectivity index (χ2n) is 35.7. The molecule has 0 bridgehead atoms. The first-order valence-electron chi connectivity index (χ1n) is 41.7. The Labute approximate surface area is 660 Å². The molecule has 3 fully saturated rings. The molecule has 6 aliphatic rings. The predicted octanol–water partition coefficient (Wildman–Crippen LogP) is 28.7. The monoisotopic (exact) mass is 1460 g/mol. The third kappa shape index (κ3) is 8.46. The van der Waals surface area contributed by atoms with Gasteiger partial charge in [-0.3, -0.25) is 0 Å². The summed E-state index contributed by atoms with van der Waals surface area (Å²) in [7, 11) is 0. The Bertz CT molecular complexity index is 6790. The van der Waals surface area contributed by atoms with Gasteiger partial charge in [-0.05, 0) is 267 Å². The van der Waals surface area contributed by atoms with Crippen LogP contribution in [0.1, 0.15) is 135 Å². The number of hydrogen-bond acceptors (Lipinski definition) is 6. The zero-order chi connectivity index (χ0) is 75.2. The molecule has 6 unspecified atom stereocenters. The van der Waals surface area contributed by atoms with Gasteiger partial charge in [0, 0.05) is 68.1 Å². The number of pyridine rings is 3. The largest absolute Gasteiger partial charge is 0.319 e. The molecule has 24 rings (SSSR count). The fourth-order valence-electron chi connectivity index (χ4n) is 24.6. The highest BCUT2D eigenvalue weighted by Crippen LogP contribution is 2.67. The van der Waals surface area contributed by atoms with Crippen molar-refractivity contribution in [2.75, 3.05) is 14.7 Å². The molecule has 6 heteroatoms. The molecule has 3 aliphatic carbocycles. The zero-order valence-electron chi connectivity index (χ0n) is 65.2. The summed E-state index contributed by atoms with van der Waals surface area (Å²) in [4.78, 5) is 24.0. The number of hydrogen-bond donors (Lipinski definition) is 0. The molecule has 6 heterocycles. The molecule has 0 N–H and O–H groups in total. The van der Waals surface area contributed by atoms with Crippen LogP contribution in [0, 0.1) is 0 Å². The number of nitrogens with zero attached hydrogens (tertiary/aromatic N) is 6. The first-order valence-corrected chi connectivity index (χ1v) is 41.7. The lowest BCUT2D eigenvalue weighted by atomic mass is 9.61. The van der Waals surface area contributed by atoms with Crippen LogP contribution in [0.3, 0.4) is 0 Å². The molecular weight excluding hydrogens is 1370 g/mol. The Hall–Kier alpha value is -12.0. The Morgan fingerprint density at radius 1 is 0.239 bits per heavy atom. The van der Waals surface area contributed by atoms with Crippen LogP contribution in [0.2, 0.25) is 0 Å². The van der Waals surface area contributed by atoms with Crippen molar-refractivity contribution >= 4 is 131 Å². The maximum Gasteiger partial charge on any atom is 0.141 e. The molecule has 3 aliphatic heterocycles. The van der Waals surface area contributed by atoms with E-state index in [-0.39, 0.29) is 32.9 Å². The van der Waals surface area contributed by atoms with Crippen molar-refractivity contribution in [1.82, 2.24) is 15.0 Å². The average Bonchev–Trinajstić information content (AvgIpc) is 1.53. The van der Waals surface area contributed by atoms with Gasteiger partial charge >= 0.3 is 0 Å². The standard InChI is InChI=1S/C107H88N6/c1-102-53-19-22-56-105(102,4)111(99-76-33-16-13-26-65(76)50-59-108-99)87-47-38-70(62-84(87)102)73-41-44-81-92-79(73)36-25-37-80(92)95-90(68-29-9-7-10-30-68)97-82-45-42-74(71-39-48-88-85(63-71)103(2)54-20-23-57-106(103,5)112(88)100-77-34-17-14-27-66(77)51-60-109-100)93-75(43-46-83(94(82)93)98(97)91(96(81)95)69-31-11-8-12-32-69)72-40-49-89-86(64-72)104(3)55-21-24-58-107(104,6)113(89)101-78-35-18-15-28-67(78)52-61-110-101/h7-18,25-52,59-64H,19-24,53-58H2,1-6H3. The molecule has 3 saturated carbocycles. The lowest BCUT2D eigenvalue weighted by molar-refractivity contribution is 0.194. The molecule has 15 aromatic carbocycles. The van der Waals surface area contributed by atoms with E-state index >= 15 is 0 Å². The molecule has 18 aromatic rings.